The van der Waals surface area contributed by atoms with E-state index in [0.717, 1.165) is 0 Å². The van der Waals surface area contributed by atoms with Gasteiger partial charge in [0, 0.05) is 24.2 Å². The maximum atomic E-state index is 12.2. The van der Waals surface area contributed by atoms with Crippen molar-refractivity contribution in [2.24, 2.45) is 0 Å². The smallest absolute Gasteiger partial charge is 0.251 e. The highest BCUT2D eigenvalue weighted by Gasteiger charge is 2.15. The molecule has 2 N–H and O–H groups in total. The molecule has 2 rings (SSSR count). The van der Waals surface area contributed by atoms with Crippen molar-refractivity contribution in [3.05, 3.63) is 58.6 Å². The summed E-state index contributed by atoms with van der Waals surface area (Å²) in [6.07, 6.45) is 0. The van der Waals surface area contributed by atoms with Gasteiger partial charge in [-0.1, -0.05) is 29.8 Å². The molecule has 0 unspecified atom stereocenters. The Labute approximate surface area is 151 Å². The molecule has 0 radical (unpaired) electrons. The molecule has 0 bridgehead atoms. The average molecular weight is 363 g/mol. The van der Waals surface area contributed by atoms with Crippen molar-refractivity contribution >= 4 is 23.4 Å². The second-order valence-corrected chi connectivity index (χ2v) is 5.48. The third-order valence-corrected chi connectivity index (χ3v) is 3.71. The fourth-order valence-corrected chi connectivity index (χ4v) is 2.48. The Bertz CT molecular complexity index is 750. The van der Waals surface area contributed by atoms with Crippen LogP contribution in [0.15, 0.2) is 42.5 Å². The highest BCUT2D eigenvalue weighted by molar-refractivity contribution is 6.32. The van der Waals surface area contributed by atoms with Crippen LogP contribution < -0.4 is 20.1 Å². The molecule has 0 aliphatic heterocycles. The molecule has 2 amide bonds. The van der Waals surface area contributed by atoms with Crippen LogP contribution in [0, 0.1) is 0 Å². The van der Waals surface area contributed by atoms with Gasteiger partial charge < -0.3 is 20.1 Å². The van der Waals surface area contributed by atoms with E-state index in [1.807, 2.05) is 6.07 Å². The van der Waals surface area contributed by atoms with E-state index in [1.54, 1.807) is 30.3 Å². The van der Waals surface area contributed by atoms with Crippen LogP contribution >= 0.6 is 11.6 Å². The summed E-state index contributed by atoms with van der Waals surface area (Å²) < 4.78 is 10.3. The highest BCUT2D eigenvalue weighted by Crippen LogP contribution is 2.35. The molecule has 0 saturated heterocycles. The molecule has 0 aliphatic rings. The third-order valence-electron chi connectivity index (χ3n) is 3.43. The standard InChI is InChI=1S/C18H19ClN2O4/c1-24-15-11-13(10-14(19)16(15)25-2)18(23)21-9-8-20-17(22)12-6-4-3-5-7-12/h3-7,10-11H,8-9H2,1-2H3,(H,20,22)(H,21,23). The Morgan fingerprint density at radius 1 is 0.920 bits per heavy atom. The van der Waals surface area contributed by atoms with Gasteiger partial charge in [-0.2, -0.15) is 0 Å². The summed E-state index contributed by atoms with van der Waals surface area (Å²) in [5.74, 6) is 0.231. The summed E-state index contributed by atoms with van der Waals surface area (Å²) in [6, 6.07) is 11.9. The molecule has 25 heavy (non-hydrogen) atoms. The van der Waals surface area contributed by atoms with Gasteiger partial charge in [0.05, 0.1) is 19.2 Å². The summed E-state index contributed by atoms with van der Waals surface area (Å²) in [7, 11) is 2.94. The van der Waals surface area contributed by atoms with Crippen molar-refractivity contribution in [2.75, 3.05) is 27.3 Å². The predicted octanol–water partition coefficient (Wildman–Crippen LogP) is 2.52. The van der Waals surface area contributed by atoms with Crippen LogP contribution in [0.5, 0.6) is 11.5 Å². The Balaban J connectivity index is 1.88. The van der Waals surface area contributed by atoms with Crippen molar-refractivity contribution < 1.29 is 19.1 Å². The number of hydrogen-bond acceptors (Lipinski definition) is 4. The maximum absolute atomic E-state index is 12.2. The first kappa shape index (κ1) is 18.6. The van der Waals surface area contributed by atoms with Crippen molar-refractivity contribution in [2.45, 2.75) is 0 Å². The van der Waals surface area contributed by atoms with E-state index in [-0.39, 0.29) is 23.4 Å². The molecule has 0 heterocycles. The zero-order chi connectivity index (χ0) is 18.2. The number of benzene rings is 2. The molecule has 0 aliphatic carbocycles. The molecular formula is C18H19ClN2O4. The van der Waals surface area contributed by atoms with Crippen LogP contribution in [0.1, 0.15) is 20.7 Å². The lowest BCUT2D eigenvalue weighted by molar-refractivity contribution is 0.0927. The number of rotatable bonds is 7. The second-order valence-electron chi connectivity index (χ2n) is 5.07. The van der Waals surface area contributed by atoms with Gasteiger partial charge in [-0.05, 0) is 24.3 Å². The minimum Gasteiger partial charge on any atom is -0.493 e. The summed E-state index contributed by atoms with van der Waals surface area (Å²) in [5, 5.41) is 5.73. The van der Waals surface area contributed by atoms with Gasteiger partial charge in [0.1, 0.15) is 0 Å². The van der Waals surface area contributed by atoms with Gasteiger partial charge in [-0.25, -0.2) is 0 Å². The van der Waals surface area contributed by atoms with Crippen molar-refractivity contribution in [1.29, 1.82) is 0 Å². The van der Waals surface area contributed by atoms with E-state index in [9.17, 15) is 9.59 Å². The Morgan fingerprint density at radius 2 is 1.52 bits per heavy atom. The van der Waals surface area contributed by atoms with Gasteiger partial charge in [0.25, 0.3) is 11.8 Å². The minimum absolute atomic E-state index is 0.191. The number of hydrogen-bond donors (Lipinski definition) is 2. The molecular weight excluding hydrogens is 344 g/mol. The van der Waals surface area contributed by atoms with E-state index in [2.05, 4.69) is 10.6 Å². The normalized spacial score (nSPS) is 10.0. The lowest BCUT2D eigenvalue weighted by atomic mass is 10.2. The fourth-order valence-electron chi connectivity index (χ4n) is 2.19. The van der Waals surface area contributed by atoms with E-state index < -0.39 is 0 Å². The number of nitrogens with one attached hydrogen (secondary N) is 2. The molecule has 0 fully saturated rings. The summed E-state index contributed by atoms with van der Waals surface area (Å²) in [4.78, 5) is 24.1. The monoisotopic (exact) mass is 362 g/mol. The molecule has 132 valence electrons. The largest absolute Gasteiger partial charge is 0.493 e. The SMILES string of the molecule is COc1cc(C(=O)NCCNC(=O)c2ccccc2)cc(Cl)c1OC. The number of amides is 2. The van der Waals surface area contributed by atoms with E-state index in [0.29, 0.717) is 29.2 Å². The van der Waals surface area contributed by atoms with Gasteiger partial charge in [-0.15, -0.1) is 0 Å². The Kier molecular flexibility index (Phi) is 6.65. The summed E-state index contributed by atoms with van der Waals surface area (Å²) in [5.41, 5.74) is 0.914. The predicted molar refractivity (Wildman–Crippen MR) is 95.7 cm³/mol. The van der Waals surface area contributed by atoms with E-state index in [1.165, 1.54) is 20.3 Å². The molecule has 7 heteroatoms. The van der Waals surface area contributed by atoms with Crippen LogP contribution in [0.4, 0.5) is 0 Å². The van der Waals surface area contributed by atoms with Gasteiger partial charge in [0.15, 0.2) is 11.5 Å². The Hall–Kier alpha value is -2.73. The summed E-state index contributed by atoms with van der Waals surface area (Å²) >= 11 is 6.09. The quantitative estimate of drug-likeness (QED) is 0.742. The molecule has 6 nitrogen and oxygen atoms in total. The van der Waals surface area contributed by atoms with Crippen LogP contribution in [-0.2, 0) is 0 Å². The molecule has 0 spiro atoms. The zero-order valence-electron chi connectivity index (χ0n) is 14.0. The van der Waals surface area contributed by atoms with Gasteiger partial charge in [0.2, 0.25) is 0 Å². The molecule has 2 aromatic rings. The third kappa shape index (κ3) is 4.87. The van der Waals surface area contributed by atoms with Crippen molar-refractivity contribution in [3.8, 4) is 11.5 Å². The van der Waals surface area contributed by atoms with Crippen molar-refractivity contribution in [1.82, 2.24) is 10.6 Å². The van der Waals surface area contributed by atoms with Crippen LogP contribution in [0.2, 0.25) is 5.02 Å². The van der Waals surface area contributed by atoms with Gasteiger partial charge >= 0.3 is 0 Å². The van der Waals surface area contributed by atoms with E-state index >= 15 is 0 Å². The molecule has 0 atom stereocenters. The molecule has 0 saturated carbocycles. The number of methoxy groups -OCH3 is 2. The van der Waals surface area contributed by atoms with Crippen molar-refractivity contribution in [3.63, 3.8) is 0 Å². The number of ether oxygens (including phenoxy) is 2. The topological polar surface area (TPSA) is 76.7 Å². The first-order valence-electron chi connectivity index (χ1n) is 7.59. The molecule has 2 aromatic carbocycles. The lowest BCUT2D eigenvalue weighted by Crippen LogP contribution is -2.34. The van der Waals surface area contributed by atoms with Crippen LogP contribution in [0.3, 0.4) is 0 Å². The Morgan fingerprint density at radius 3 is 2.08 bits per heavy atom. The number of carbonyl (C=O) groups is 2. The zero-order valence-corrected chi connectivity index (χ0v) is 14.7. The second kappa shape index (κ2) is 8.94. The fraction of sp³-hybridized carbons (Fsp3) is 0.222. The van der Waals surface area contributed by atoms with E-state index in [4.69, 9.17) is 21.1 Å². The lowest BCUT2D eigenvalue weighted by Gasteiger charge is -2.12. The first-order chi connectivity index (χ1) is 12.1. The van der Waals surface area contributed by atoms with Crippen LogP contribution in [0.25, 0.3) is 0 Å². The minimum atomic E-state index is -0.322. The number of carbonyl (C=O) groups excluding carboxylic acids is 2. The van der Waals surface area contributed by atoms with Crippen LogP contribution in [-0.4, -0.2) is 39.1 Å². The number of halogens is 1. The first-order valence-corrected chi connectivity index (χ1v) is 7.97. The maximum Gasteiger partial charge on any atom is 0.251 e. The summed E-state index contributed by atoms with van der Waals surface area (Å²) in [6.45, 7) is 0.587. The van der Waals surface area contributed by atoms with Gasteiger partial charge in [-0.3, -0.25) is 9.59 Å². The highest BCUT2D eigenvalue weighted by atomic mass is 35.5. The molecule has 0 aromatic heterocycles. The average Bonchev–Trinajstić information content (AvgIpc) is 2.64.